The minimum Gasteiger partial charge on any atom is -0.352 e. The third-order valence-electron chi connectivity index (χ3n) is 3.86. The standard InChI is InChI=1S/C19H18Cl2F2N2O2/c1-25(11-12-4-7-15(20)16(21)9-12)18(26)3-2-8-24-19(27)14-6-5-13(22)10-17(14)23/h4-7,9-10H,2-3,8,11H2,1H3,(H,24,27). The second kappa shape index (κ2) is 9.67. The maximum atomic E-state index is 13.5. The van der Waals surface area contributed by atoms with Crippen molar-refractivity contribution < 1.29 is 18.4 Å². The van der Waals surface area contributed by atoms with Crippen LogP contribution < -0.4 is 5.32 Å². The van der Waals surface area contributed by atoms with Crippen LogP contribution in [-0.4, -0.2) is 30.3 Å². The van der Waals surface area contributed by atoms with Gasteiger partial charge in [-0.3, -0.25) is 9.59 Å². The number of carbonyl (C=O) groups is 2. The van der Waals surface area contributed by atoms with E-state index in [0.29, 0.717) is 29.1 Å². The molecule has 2 rings (SSSR count). The maximum absolute atomic E-state index is 13.5. The molecule has 2 aromatic rings. The van der Waals surface area contributed by atoms with Gasteiger partial charge in [-0.05, 0) is 36.2 Å². The Bertz CT molecular complexity index is 846. The van der Waals surface area contributed by atoms with E-state index >= 15 is 0 Å². The molecule has 8 heteroatoms. The molecule has 0 aliphatic carbocycles. The van der Waals surface area contributed by atoms with Gasteiger partial charge in [0.25, 0.3) is 5.91 Å². The zero-order valence-corrected chi connectivity index (χ0v) is 16.1. The molecule has 144 valence electrons. The highest BCUT2D eigenvalue weighted by molar-refractivity contribution is 6.42. The lowest BCUT2D eigenvalue weighted by atomic mass is 10.2. The third-order valence-corrected chi connectivity index (χ3v) is 4.60. The number of nitrogens with one attached hydrogen (secondary N) is 1. The molecule has 0 atom stereocenters. The molecule has 0 saturated carbocycles. The van der Waals surface area contributed by atoms with Crippen LogP contribution in [0.2, 0.25) is 10.0 Å². The number of hydrogen-bond donors (Lipinski definition) is 1. The van der Waals surface area contributed by atoms with E-state index in [1.54, 1.807) is 30.1 Å². The Hall–Kier alpha value is -2.18. The largest absolute Gasteiger partial charge is 0.352 e. The lowest BCUT2D eigenvalue weighted by Crippen LogP contribution is -2.29. The molecule has 0 aliphatic rings. The van der Waals surface area contributed by atoms with Crippen LogP contribution in [0.15, 0.2) is 36.4 Å². The summed E-state index contributed by atoms with van der Waals surface area (Å²) in [5, 5.41) is 3.38. The van der Waals surface area contributed by atoms with Gasteiger partial charge in [-0.15, -0.1) is 0 Å². The lowest BCUT2D eigenvalue weighted by molar-refractivity contribution is -0.130. The molecule has 2 amide bonds. The molecule has 4 nitrogen and oxygen atoms in total. The predicted molar refractivity (Wildman–Crippen MR) is 101 cm³/mol. The minimum atomic E-state index is -0.926. The highest BCUT2D eigenvalue weighted by atomic mass is 35.5. The molecule has 0 spiro atoms. The Morgan fingerprint density at radius 2 is 1.81 bits per heavy atom. The summed E-state index contributed by atoms with van der Waals surface area (Å²) < 4.78 is 26.4. The summed E-state index contributed by atoms with van der Waals surface area (Å²) in [6.45, 7) is 0.574. The Kier molecular flexibility index (Phi) is 7.56. The zero-order chi connectivity index (χ0) is 20.0. The number of amides is 2. The van der Waals surface area contributed by atoms with Crippen molar-refractivity contribution in [1.29, 1.82) is 0 Å². The molecule has 0 fully saturated rings. The van der Waals surface area contributed by atoms with E-state index in [-0.39, 0.29) is 24.4 Å². The molecule has 0 saturated heterocycles. The van der Waals surface area contributed by atoms with Gasteiger partial charge >= 0.3 is 0 Å². The van der Waals surface area contributed by atoms with E-state index in [4.69, 9.17) is 23.2 Å². The number of benzene rings is 2. The summed E-state index contributed by atoms with van der Waals surface area (Å²) >= 11 is 11.8. The average molecular weight is 415 g/mol. The number of hydrogen-bond acceptors (Lipinski definition) is 2. The first-order valence-corrected chi connectivity index (χ1v) is 8.94. The number of halogens is 4. The predicted octanol–water partition coefficient (Wildman–Crippen LogP) is 4.44. The van der Waals surface area contributed by atoms with Crippen molar-refractivity contribution in [3.63, 3.8) is 0 Å². The van der Waals surface area contributed by atoms with E-state index < -0.39 is 17.5 Å². The van der Waals surface area contributed by atoms with Crippen LogP contribution >= 0.6 is 23.2 Å². The molecule has 2 aromatic carbocycles. The molecule has 0 aromatic heterocycles. The van der Waals surface area contributed by atoms with Crippen LogP contribution in [0.4, 0.5) is 8.78 Å². The first kappa shape index (κ1) is 21.1. The molecular weight excluding hydrogens is 397 g/mol. The average Bonchev–Trinajstić information content (AvgIpc) is 2.61. The van der Waals surface area contributed by atoms with Gasteiger partial charge in [-0.25, -0.2) is 8.78 Å². The molecule has 27 heavy (non-hydrogen) atoms. The van der Waals surface area contributed by atoms with Gasteiger partial charge in [0.05, 0.1) is 15.6 Å². The Morgan fingerprint density at radius 3 is 2.48 bits per heavy atom. The van der Waals surface area contributed by atoms with Crippen LogP contribution in [0.1, 0.15) is 28.8 Å². The third kappa shape index (κ3) is 6.19. The van der Waals surface area contributed by atoms with Crippen molar-refractivity contribution in [3.8, 4) is 0 Å². The van der Waals surface area contributed by atoms with E-state index in [1.165, 1.54) is 0 Å². The van der Waals surface area contributed by atoms with Gasteiger partial charge in [-0.1, -0.05) is 29.3 Å². The fourth-order valence-corrected chi connectivity index (χ4v) is 2.72. The summed E-state index contributed by atoms with van der Waals surface area (Å²) in [6.07, 6.45) is 0.600. The summed E-state index contributed by atoms with van der Waals surface area (Å²) in [7, 11) is 1.66. The van der Waals surface area contributed by atoms with E-state index in [0.717, 1.165) is 17.7 Å². The van der Waals surface area contributed by atoms with Gasteiger partial charge in [0.2, 0.25) is 5.91 Å². The first-order chi connectivity index (χ1) is 12.8. The van der Waals surface area contributed by atoms with Crippen molar-refractivity contribution in [2.75, 3.05) is 13.6 Å². The summed E-state index contributed by atoms with van der Waals surface area (Å²) in [5.74, 6) is -2.43. The number of carbonyl (C=O) groups excluding carboxylic acids is 2. The molecule has 0 bridgehead atoms. The van der Waals surface area contributed by atoms with Crippen molar-refractivity contribution in [2.24, 2.45) is 0 Å². The second-order valence-electron chi connectivity index (χ2n) is 5.98. The monoisotopic (exact) mass is 414 g/mol. The van der Waals surface area contributed by atoms with E-state index in [9.17, 15) is 18.4 Å². The van der Waals surface area contributed by atoms with Gasteiger partial charge in [0.1, 0.15) is 11.6 Å². The first-order valence-electron chi connectivity index (χ1n) is 8.19. The van der Waals surface area contributed by atoms with Crippen molar-refractivity contribution in [2.45, 2.75) is 19.4 Å². The summed E-state index contributed by atoms with van der Waals surface area (Å²) in [5.41, 5.74) is 0.611. The second-order valence-corrected chi connectivity index (χ2v) is 6.80. The molecule has 0 heterocycles. The van der Waals surface area contributed by atoms with Crippen LogP contribution in [0.5, 0.6) is 0 Å². The summed E-state index contributed by atoms with van der Waals surface area (Å²) in [6, 6.07) is 7.90. The van der Waals surface area contributed by atoms with Crippen LogP contribution in [0.25, 0.3) is 0 Å². The number of nitrogens with zero attached hydrogens (tertiary/aromatic N) is 1. The van der Waals surface area contributed by atoms with Gasteiger partial charge in [-0.2, -0.15) is 0 Å². The minimum absolute atomic E-state index is 0.108. The zero-order valence-electron chi connectivity index (χ0n) is 14.6. The summed E-state index contributed by atoms with van der Waals surface area (Å²) in [4.78, 5) is 25.6. The lowest BCUT2D eigenvalue weighted by Gasteiger charge is -2.17. The fraction of sp³-hybridized carbons (Fsp3) is 0.263. The van der Waals surface area contributed by atoms with Crippen molar-refractivity contribution in [3.05, 3.63) is 69.2 Å². The topological polar surface area (TPSA) is 49.4 Å². The van der Waals surface area contributed by atoms with Crippen molar-refractivity contribution >= 4 is 35.0 Å². The van der Waals surface area contributed by atoms with E-state index in [1.807, 2.05) is 0 Å². The van der Waals surface area contributed by atoms with E-state index in [2.05, 4.69) is 5.32 Å². The van der Waals surface area contributed by atoms with Crippen molar-refractivity contribution in [1.82, 2.24) is 10.2 Å². The van der Waals surface area contributed by atoms with Crippen LogP contribution in [0.3, 0.4) is 0 Å². The normalized spacial score (nSPS) is 10.6. The van der Waals surface area contributed by atoms with Gasteiger partial charge < -0.3 is 10.2 Å². The van der Waals surface area contributed by atoms with Gasteiger partial charge in [0.15, 0.2) is 0 Å². The fourth-order valence-electron chi connectivity index (χ4n) is 2.40. The Balaban J connectivity index is 1.76. The molecule has 0 unspecified atom stereocenters. The molecule has 0 aliphatic heterocycles. The smallest absolute Gasteiger partial charge is 0.254 e. The highest BCUT2D eigenvalue weighted by Crippen LogP contribution is 2.23. The Labute approximate surface area is 166 Å². The quantitative estimate of drug-likeness (QED) is 0.680. The molecular formula is C19H18Cl2F2N2O2. The SMILES string of the molecule is CN(Cc1ccc(Cl)c(Cl)c1)C(=O)CCCNC(=O)c1ccc(F)cc1F. The highest BCUT2D eigenvalue weighted by Gasteiger charge is 2.13. The van der Waals surface area contributed by atoms with Gasteiger partial charge in [0, 0.05) is 32.6 Å². The maximum Gasteiger partial charge on any atom is 0.254 e. The number of rotatable bonds is 7. The molecule has 1 N–H and O–H groups in total. The molecule has 0 radical (unpaired) electrons. The van der Waals surface area contributed by atoms with Crippen LogP contribution in [-0.2, 0) is 11.3 Å². The Morgan fingerprint density at radius 1 is 1.07 bits per heavy atom. The van der Waals surface area contributed by atoms with Crippen LogP contribution in [0, 0.1) is 11.6 Å².